The van der Waals surface area contributed by atoms with Gasteiger partial charge in [0.25, 0.3) is 5.91 Å². The van der Waals surface area contributed by atoms with Crippen LogP contribution in [0.25, 0.3) is 0 Å². The number of nitrogens with one attached hydrogen (secondary N) is 2. The van der Waals surface area contributed by atoms with E-state index in [-0.39, 0.29) is 12.2 Å². The second-order valence-corrected chi connectivity index (χ2v) is 4.77. The van der Waals surface area contributed by atoms with E-state index in [4.69, 9.17) is 0 Å². The topological polar surface area (TPSA) is 78.5 Å². The number of amides is 4. The van der Waals surface area contributed by atoms with Crippen molar-refractivity contribution in [3.63, 3.8) is 0 Å². The fourth-order valence-electron chi connectivity index (χ4n) is 2.12. The third-order valence-corrected chi connectivity index (χ3v) is 3.09. The van der Waals surface area contributed by atoms with Crippen LogP contribution in [0.4, 0.5) is 14.9 Å². The summed E-state index contributed by atoms with van der Waals surface area (Å²) in [4.78, 5) is 36.3. The van der Waals surface area contributed by atoms with Gasteiger partial charge >= 0.3 is 6.03 Å². The molecule has 7 heteroatoms. The number of carbonyl (C=O) groups excluding carboxylic acids is 3. The summed E-state index contributed by atoms with van der Waals surface area (Å²) in [6, 6.07) is 4.24. The Balaban J connectivity index is 1.96. The highest BCUT2D eigenvalue weighted by Gasteiger charge is 2.38. The molecule has 6 nitrogen and oxygen atoms in total. The van der Waals surface area contributed by atoms with E-state index in [1.165, 1.54) is 18.2 Å². The summed E-state index contributed by atoms with van der Waals surface area (Å²) >= 11 is 0. The maximum absolute atomic E-state index is 13.0. The normalized spacial score (nSPS) is 17.8. The van der Waals surface area contributed by atoms with Gasteiger partial charge in [0, 0.05) is 5.69 Å². The molecule has 0 spiro atoms. The lowest BCUT2D eigenvalue weighted by molar-refractivity contribution is -0.130. The van der Waals surface area contributed by atoms with Crippen LogP contribution in [-0.2, 0) is 9.59 Å². The first-order valence-corrected chi connectivity index (χ1v) is 6.68. The van der Waals surface area contributed by atoms with E-state index >= 15 is 0 Å². The van der Waals surface area contributed by atoms with Gasteiger partial charge in [0.2, 0.25) is 5.91 Å². The van der Waals surface area contributed by atoms with Gasteiger partial charge in [-0.3, -0.25) is 14.5 Å². The Labute approximate surface area is 121 Å². The van der Waals surface area contributed by atoms with E-state index in [9.17, 15) is 18.8 Å². The van der Waals surface area contributed by atoms with Crippen LogP contribution >= 0.6 is 0 Å². The van der Waals surface area contributed by atoms with Crippen molar-refractivity contribution in [2.45, 2.75) is 25.8 Å². The lowest BCUT2D eigenvalue weighted by Crippen LogP contribution is -2.38. The second kappa shape index (κ2) is 6.34. The van der Waals surface area contributed by atoms with Crippen molar-refractivity contribution in [1.82, 2.24) is 10.2 Å². The zero-order chi connectivity index (χ0) is 15.4. The molecule has 1 atom stereocenters. The molecular weight excluding hydrogens is 277 g/mol. The lowest BCUT2D eigenvalue weighted by atomic mass is 10.2. The summed E-state index contributed by atoms with van der Waals surface area (Å²) in [5.41, 5.74) is 0.275. The minimum Gasteiger partial charge on any atom is -0.326 e. The molecular formula is C14H16FN3O3. The molecule has 1 saturated heterocycles. The molecule has 0 aliphatic carbocycles. The Kier molecular flexibility index (Phi) is 4.52. The van der Waals surface area contributed by atoms with Crippen molar-refractivity contribution in [2.24, 2.45) is 0 Å². The monoisotopic (exact) mass is 293 g/mol. The van der Waals surface area contributed by atoms with E-state index in [1.54, 1.807) is 0 Å². The number of urea groups is 1. The van der Waals surface area contributed by atoms with Gasteiger partial charge in [0.15, 0.2) is 0 Å². The number of rotatable bonds is 5. The first kappa shape index (κ1) is 15.0. The maximum atomic E-state index is 13.0. The number of carbonyl (C=O) groups is 3. The van der Waals surface area contributed by atoms with E-state index in [0.717, 1.165) is 17.4 Å². The molecule has 0 radical (unpaired) electrons. The molecule has 112 valence electrons. The van der Waals surface area contributed by atoms with Crippen molar-refractivity contribution in [2.75, 3.05) is 11.9 Å². The molecule has 0 saturated carbocycles. The lowest BCUT2D eigenvalue weighted by Gasteiger charge is -2.13. The fourth-order valence-corrected chi connectivity index (χ4v) is 2.12. The molecule has 1 aliphatic heterocycles. The van der Waals surface area contributed by atoms with E-state index in [0.29, 0.717) is 6.42 Å². The average molecular weight is 293 g/mol. The number of halogens is 1. The molecule has 0 unspecified atom stereocenters. The van der Waals surface area contributed by atoms with Gasteiger partial charge in [-0.2, -0.15) is 0 Å². The molecule has 21 heavy (non-hydrogen) atoms. The van der Waals surface area contributed by atoms with Crippen molar-refractivity contribution >= 4 is 23.5 Å². The first-order chi connectivity index (χ1) is 10.0. The minimum atomic E-state index is -0.576. The van der Waals surface area contributed by atoms with Gasteiger partial charge in [-0.05, 0) is 24.6 Å². The van der Waals surface area contributed by atoms with Crippen LogP contribution in [0.5, 0.6) is 0 Å². The number of imide groups is 1. The van der Waals surface area contributed by atoms with Crippen molar-refractivity contribution in [3.8, 4) is 0 Å². The molecule has 2 N–H and O–H groups in total. The van der Waals surface area contributed by atoms with Gasteiger partial charge in [-0.1, -0.05) is 19.4 Å². The Morgan fingerprint density at radius 1 is 1.43 bits per heavy atom. The summed E-state index contributed by atoms with van der Waals surface area (Å²) in [6.45, 7) is 1.51. The Morgan fingerprint density at radius 2 is 2.19 bits per heavy atom. The molecule has 2 rings (SSSR count). The van der Waals surface area contributed by atoms with Crippen LogP contribution in [0.3, 0.4) is 0 Å². The molecule has 0 bridgehead atoms. The van der Waals surface area contributed by atoms with Gasteiger partial charge in [0.1, 0.15) is 18.4 Å². The van der Waals surface area contributed by atoms with E-state index in [1.807, 2.05) is 6.92 Å². The van der Waals surface area contributed by atoms with Gasteiger partial charge in [-0.25, -0.2) is 9.18 Å². The zero-order valence-corrected chi connectivity index (χ0v) is 11.6. The van der Waals surface area contributed by atoms with Gasteiger partial charge in [-0.15, -0.1) is 0 Å². The third kappa shape index (κ3) is 3.56. The van der Waals surface area contributed by atoms with Gasteiger partial charge in [0.05, 0.1) is 0 Å². The highest BCUT2D eigenvalue weighted by molar-refractivity contribution is 6.07. The van der Waals surface area contributed by atoms with Crippen LogP contribution in [0.15, 0.2) is 24.3 Å². The SMILES string of the molecule is CCC[C@@H]1NC(=O)N(CC(=O)Nc2cccc(F)c2)C1=O. The first-order valence-electron chi connectivity index (χ1n) is 6.68. The van der Waals surface area contributed by atoms with Crippen LogP contribution in [0, 0.1) is 5.82 Å². The zero-order valence-electron chi connectivity index (χ0n) is 11.6. The number of hydrogen-bond donors (Lipinski definition) is 2. The predicted octanol–water partition coefficient (Wildman–Crippen LogP) is 1.48. The molecule has 1 aromatic rings. The fraction of sp³-hybridized carbons (Fsp3) is 0.357. The van der Waals surface area contributed by atoms with Crippen LogP contribution in [0.1, 0.15) is 19.8 Å². The van der Waals surface area contributed by atoms with E-state index in [2.05, 4.69) is 10.6 Å². The Bertz CT molecular complexity index is 576. The second-order valence-electron chi connectivity index (χ2n) is 4.77. The number of anilines is 1. The standard InChI is InChI=1S/C14H16FN3O3/c1-2-4-11-13(20)18(14(21)17-11)8-12(19)16-10-6-3-5-9(15)7-10/h3,5-7,11H,2,4,8H2,1H3,(H,16,19)(H,17,21)/t11-/m0/s1. The Morgan fingerprint density at radius 3 is 2.86 bits per heavy atom. The molecule has 1 fully saturated rings. The minimum absolute atomic E-state index is 0.275. The maximum Gasteiger partial charge on any atom is 0.325 e. The summed E-state index contributed by atoms with van der Waals surface area (Å²) in [6.07, 6.45) is 1.28. The molecule has 0 aromatic heterocycles. The summed E-state index contributed by atoms with van der Waals surface area (Å²) in [7, 11) is 0. The number of benzene rings is 1. The van der Waals surface area contributed by atoms with Gasteiger partial charge < -0.3 is 10.6 Å². The highest BCUT2D eigenvalue weighted by Crippen LogP contribution is 2.12. The highest BCUT2D eigenvalue weighted by atomic mass is 19.1. The molecule has 1 aromatic carbocycles. The predicted molar refractivity (Wildman–Crippen MR) is 74.0 cm³/mol. The molecule has 1 heterocycles. The average Bonchev–Trinajstić information content (AvgIpc) is 2.67. The van der Waals surface area contributed by atoms with E-state index < -0.39 is 29.7 Å². The van der Waals surface area contributed by atoms with Crippen molar-refractivity contribution < 1.29 is 18.8 Å². The number of hydrogen-bond acceptors (Lipinski definition) is 3. The summed E-state index contributed by atoms with van der Waals surface area (Å²) in [5, 5.41) is 4.98. The quantitative estimate of drug-likeness (QED) is 0.807. The molecule has 1 aliphatic rings. The Hall–Kier alpha value is -2.44. The van der Waals surface area contributed by atoms with Crippen LogP contribution in [0.2, 0.25) is 0 Å². The van der Waals surface area contributed by atoms with Crippen LogP contribution in [-0.4, -0.2) is 35.3 Å². The number of nitrogens with zero attached hydrogens (tertiary/aromatic N) is 1. The third-order valence-electron chi connectivity index (χ3n) is 3.09. The largest absolute Gasteiger partial charge is 0.326 e. The van der Waals surface area contributed by atoms with Crippen molar-refractivity contribution in [3.05, 3.63) is 30.1 Å². The van der Waals surface area contributed by atoms with Crippen molar-refractivity contribution in [1.29, 1.82) is 0 Å². The summed E-state index contributed by atoms with van der Waals surface area (Å²) in [5.74, 6) is -1.44. The summed E-state index contributed by atoms with van der Waals surface area (Å²) < 4.78 is 13.0. The molecule has 4 amide bonds. The smallest absolute Gasteiger partial charge is 0.325 e. The van der Waals surface area contributed by atoms with Crippen LogP contribution < -0.4 is 10.6 Å².